The average molecular weight is 342 g/mol. The van der Waals surface area contributed by atoms with Crippen LogP contribution >= 0.6 is 0 Å². The van der Waals surface area contributed by atoms with Crippen molar-refractivity contribution in [3.63, 3.8) is 0 Å². The predicted octanol–water partition coefficient (Wildman–Crippen LogP) is 2.48. The molecule has 1 aliphatic rings. The maximum atomic E-state index is 11.9. The first-order chi connectivity index (χ1) is 12.1. The van der Waals surface area contributed by atoms with Gasteiger partial charge in [-0.2, -0.15) is 5.10 Å². The van der Waals surface area contributed by atoms with Crippen molar-refractivity contribution >= 4 is 11.7 Å². The molecule has 25 heavy (non-hydrogen) atoms. The monoisotopic (exact) mass is 342 g/mol. The van der Waals surface area contributed by atoms with Crippen LogP contribution < -0.4 is 5.32 Å². The van der Waals surface area contributed by atoms with E-state index in [9.17, 15) is 4.79 Å². The summed E-state index contributed by atoms with van der Waals surface area (Å²) >= 11 is 0. The number of nitrogens with one attached hydrogen (secondary N) is 1. The fourth-order valence-electron chi connectivity index (χ4n) is 3.40. The number of rotatable bonds is 7. The van der Waals surface area contributed by atoms with E-state index in [1.165, 1.54) is 0 Å². The van der Waals surface area contributed by atoms with Crippen LogP contribution in [0.15, 0.2) is 18.2 Å². The fraction of sp³-hybridized carbons (Fsp3) is 0.556. The van der Waals surface area contributed by atoms with Crippen molar-refractivity contribution in [3.05, 3.63) is 29.6 Å². The van der Waals surface area contributed by atoms with Crippen LogP contribution in [0.2, 0.25) is 0 Å². The van der Waals surface area contributed by atoms with Gasteiger partial charge in [0.15, 0.2) is 5.82 Å². The zero-order valence-corrected chi connectivity index (χ0v) is 15.2. The lowest BCUT2D eigenvalue weighted by atomic mass is 10.1. The summed E-state index contributed by atoms with van der Waals surface area (Å²) in [6.07, 6.45) is 3.59. The Bertz CT molecular complexity index is 724. The summed E-state index contributed by atoms with van der Waals surface area (Å²) in [6, 6.07) is 6.15. The van der Waals surface area contributed by atoms with Crippen LogP contribution in [0, 0.1) is 13.8 Å². The maximum Gasteiger partial charge on any atom is 0.222 e. The van der Waals surface area contributed by atoms with Crippen molar-refractivity contribution in [1.29, 1.82) is 0 Å². The second-order valence-electron chi connectivity index (χ2n) is 6.58. The number of carbonyl (C=O) groups excluding carboxylic acids is 1. The highest BCUT2D eigenvalue weighted by atomic mass is 16.2. The first-order valence-electron chi connectivity index (χ1n) is 8.99. The summed E-state index contributed by atoms with van der Waals surface area (Å²) in [5.74, 6) is 1.75. The molecule has 0 saturated carbocycles. The Morgan fingerprint density at radius 3 is 2.68 bits per heavy atom. The van der Waals surface area contributed by atoms with Crippen LogP contribution in [0.5, 0.6) is 0 Å². The average Bonchev–Trinajstić information content (AvgIpc) is 3.17. The summed E-state index contributed by atoms with van der Waals surface area (Å²) < 4.78 is 1.79. The van der Waals surface area contributed by atoms with Gasteiger partial charge in [-0.3, -0.25) is 4.79 Å². The lowest BCUT2D eigenvalue weighted by molar-refractivity contribution is -0.129. The number of hydrogen-bond donors (Lipinski definition) is 1. The van der Waals surface area contributed by atoms with Gasteiger partial charge >= 0.3 is 0 Å². The Kier molecular flexibility index (Phi) is 5.31. The molecule has 7 heteroatoms. The van der Waals surface area contributed by atoms with Gasteiger partial charge in [0.2, 0.25) is 5.91 Å². The van der Waals surface area contributed by atoms with Crippen LogP contribution in [0.3, 0.4) is 0 Å². The van der Waals surface area contributed by atoms with E-state index < -0.39 is 0 Å². The van der Waals surface area contributed by atoms with Crippen LogP contribution in [-0.4, -0.2) is 49.9 Å². The summed E-state index contributed by atoms with van der Waals surface area (Å²) in [7, 11) is 0. The topological polar surface area (TPSA) is 75.9 Å². The minimum absolute atomic E-state index is 0.292. The molecule has 0 spiro atoms. The van der Waals surface area contributed by atoms with Gasteiger partial charge in [0.25, 0.3) is 0 Å². The Hall–Kier alpha value is -2.44. The van der Waals surface area contributed by atoms with Gasteiger partial charge in [0.1, 0.15) is 5.82 Å². The van der Waals surface area contributed by atoms with Gasteiger partial charge in [-0.15, -0.1) is 10.2 Å². The minimum Gasteiger partial charge on any atom is -0.369 e. The number of aryl methyl sites for hydroxylation is 2. The fourth-order valence-corrected chi connectivity index (χ4v) is 3.40. The smallest absolute Gasteiger partial charge is 0.222 e. The molecule has 3 rings (SSSR count). The van der Waals surface area contributed by atoms with Crippen LogP contribution in [0.4, 0.5) is 5.82 Å². The number of hydrogen-bond acceptors (Lipinski definition) is 5. The highest BCUT2D eigenvalue weighted by Gasteiger charge is 2.26. The van der Waals surface area contributed by atoms with Gasteiger partial charge < -0.3 is 10.2 Å². The number of carbonyl (C=O) groups is 1. The standard InChI is InChI=1S/C18H26N6O/c1-4-15(23-11-5-6-18(23)25)9-10-19-16-7-8-17(21-20-16)24-14(3)12-13(2)22-24/h7-8,12,15H,4-6,9-11H2,1-3H3,(H,19,20). The molecule has 0 bridgehead atoms. The Balaban J connectivity index is 1.55. The molecule has 1 fully saturated rings. The molecule has 0 aliphatic carbocycles. The van der Waals surface area contributed by atoms with Gasteiger partial charge in [-0.05, 0) is 51.3 Å². The number of anilines is 1. The molecule has 1 amide bonds. The number of amides is 1. The first-order valence-corrected chi connectivity index (χ1v) is 8.99. The molecular weight excluding hydrogens is 316 g/mol. The lowest BCUT2D eigenvalue weighted by Gasteiger charge is -2.26. The number of likely N-dealkylation sites (tertiary alicyclic amines) is 1. The molecule has 1 atom stereocenters. The van der Waals surface area contributed by atoms with E-state index in [0.717, 1.165) is 49.6 Å². The van der Waals surface area contributed by atoms with Crippen molar-refractivity contribution in [2.75, 3.05) is 18.4 Å². The third-order valence-corrected chi connectivity index (χ3v) is 4.68. The lowest BCUT2D eigenvalue weighted by Crippen LogP contribution is -2.37. The molecule has 1 unspecified atom stereocenters. The highest BCUT2D eigenvalue weighted by Crippen LogP contribution is 2.18. The molecular formula is C18H26N6O. The van der Waals surface area contributed by atoms with E-state index in [2.05, 4.69) is 27.5 Å². The van der Waals surface area contributed by atoms with E-state index in [4.69, 9.17) is 0 Å². The molecule has 0 radical (unpaired) electrons. The van der Waals surface area contributed by atoms with Gasteiger partial charge in [-0.1, -0.05) is 6.92 Å². The second-order valence-corrected chi connectivity index (χ2v) is 6.58. The summed E-state index contributed by atoms with van der Waals surface area (Å²) in [5.41, 5.74) is 2.00. The first kappa shape index (κ1) is 17.4. The van der Waals surface area contributed by atoms with Crippen molar-refractivity contribution in [3.8, 4) is 5.82 Å². The Morgan fingerprint density at radius 2 is 2.12 bits per heavy atom. The molecule has 2 aromatic rings. The second kappa shape index (κ2) is 7.63. The Morgan fingerprint density at radius 1 is 1.28 bits per heavy atom. The molecule has 1 N–H and O–H groups in total. The summed E-state index contributed by atoms with van der Waals surface area (Å²) in [4.78, 5) is 13.9. The minimum atomic E-state index is 0.292. The van der Waals surface area contributed by atoms with Crippen molar-refractivity contribution in [2.24, 2.45) is 0 Å². The van der Waals surface area contributed by atoms with Crippen LogP contribution in [0.25, 0.3) is 5.82 Å². The molecule has 1 aliphatic heterocycles. The van der Waals surface area contributed by atoms with Crippen molar-refractivity contribution < 1.29 is 4.79 Å². The third-order valence-electron chi connectivity index (χ3n) is 4.68. The van der Waals surface area contributed by atoms with Gasteiger partial charge in [-0.25, -0.2) is 4.68 Å². The predicted molar refractivity (Wildman–Crippen MR) is 96.8 cm³/mol. The van der Waals surface area contributed by atoms with Crippen LogP contribution in [-0.2, 0) is 4.79 Å². The van der Waals surface area contributed by atoms with E-state index in [1.54, 1.807) is 4.68 Å². The Labute approximate surface area is 148 Å². The molecule has 3 heterocycles. The maximum absolute atomic E-state index is 11.9. The SMILES string of the molecule is CCC(CCNc1ccc(-n2nc(C)cc2C)nn1)N1CCCC1=O. The molecule has 0 aromatic carbocycles. The highest BCUT2D eigenvalue weighted by molar-refractivity contribution is 5.78. The molecule has 7 nitrogen and oxygen atoms in total. The number of aromatic nitrogens is 4. The zero-order valence-electron chi connectivity index (χ0n) is 15.2. The number of nitrogens with zero attached hydrogens (tertiary/aromatic N) is 5. The van der Waals surface area contributed by atoms with Crippen molar-refractivity contribution in [2.45, 2.75) is 52.5 Å². The zero-order chi connectivity index (χ0) is 17.8. The van der Waals surface area contributed by atoms with Crippen LogP contribution in [0.1, 0.15) is 44.0 Å². The quantitative estimate of drug-likeness (QED) is 0.836. The normalized spacial score (nSPS) is 15.6. The third kappa shape index (κ3) is 3.97. The molecule has 1 saturated heterocycles. The largest absolute Gasteiger partial charge is 0.369 e. The molecule has 2 aromatic heterocycles. The van der Waals surface area contributed by atoms with E-state index in [0.29, 0.717) is 24.2 Å². The van der Waals surface area contributed by atoms with E-state index in [1.807, 2.05) is 36.9 Å². The van der Waals surface area contributed by atoms with E-state index >= 15 is 0 Å². The van der Waals surface area contributed by atoms with Gasteiger partial charge in [0, 0.05) is 31.2 Å². The summed E-state index contributed by atoms with van der Waals surface area (Å²) in [5, 5.41) is 16.2. The van der Waals surface area contributed by atoms with E-state index in [-0.39, 0.29) is 0 Å². The molecule has 134 valence electrons. The van der Waals surface area contributed by atoms with Gasteiger partial charge in [0.05, 0.1) is 5.69 Å². The summed E-state index contributed by atoms with van der Waals surface area (Å²) in [6.45, 7) is 7.77. The van der Waals surface area contributed by atoms with Crippen molar-refractivity contribution in [1.82, 2.24) is 24.9 Å².